The van der Waals surface area contributed by atoms with Crippen molar-refractivity contribution in [3.63, 3.8) is 0 Å². The maximum Gasteiger partial charge on any atom is 0.257 e. The van der Waals surface area contributed by atoms with Crippen molar-refractivity contribution < 1.29 is 9.53 Å². The molecule has 3 aromatic carbocycles. The lowest BCUT2D eigenvalue weighted by Crippen LogP contribution is -2.30. The summed E-state index contributed by atoms with van der Waals surface area (Å²) in [6, 6.07) is 27.9. The highest BCUT2D eigenvalue weighted by Crippen LogP contribution is 2.27. The number of benzene rings is 3. The van der Waals surface area contributed by atoms with Gasteiger partial charge in [0.05, 0.1) is 5.69 Å². The number of carbonyl (C=O) groups is 1. The molecule has 1 amide bonds. The number of hydrogen-bond acceptors (Lipinski definition) is 5. The molecule has 1 heterocycles. The fourth-order valence-corrected chi connectivity index (χ4v) is 3.43. The molecule has 156 valence electrons. The number of ether oxygens (including phenoxy) is 1. The molecule has 0 saturated carbocycles. The van der Waals surface area contributed by atoms with Crippen molar-refractivity contribution in [1.29, 1.82) is 0 Å². The fraction of sp³-hybridized carbons (Fsp3) is 0.167. The Bertz CT molecular complexity index is 1030. The molecule has 1 aromatic heterocycles. The molecule has 0 aliphatic rings. The Hall–Kier alpha value is -4.00. The van der Waals surface area contributed by atoms with E-state index in [4.69, 9.17) is 4.74 Å². The minimum absolute atomic E-state index is 0.0361. The van der Waals surface area contributed by atoms with Crippen molar-refractivity contribution in [2.75, 3.05) is 13.2 Å². The van der Waals surface area contributed by atoms with Gasteiger partial charge in [-0.3, -0.25) is 4.79 Å². The minimum Gasteiger partial charge on any atom is -0.484 e. The van der Waals surface area contributed by atoms with Gasteiger partial charge in [-0.2, -0.15) is 0 Å². The van der Waals surface area contributed by atoms with E-state index < -0.39 is 0 Å². The van der Waals surface area contributed by atoms with Crippen LogP contribution in [0.1, 0.15) is 23.5 Å². The molecule has 4 aromatic rings. The topological polar surface area (TPSA) is 81.9 Å². The van der Waals surface area contributed by atoms with E-state index >= 15 is 0 Å². The molecule has 0 spiro atoms. The summed E-state index contributed by atoms with van der Waals surface area (Å²) in [7, 11) is 0. The van der Waals surface area contributed by atoms with Crippen LogP contribution in [-0.2, 0) is 4.79 Å². The lowest BCUT2D eigenvalue weighted by molar-refractivity contribution is -0.123. The van der Waals surface area contributed by atoms with Crippen molar-refractivity contribution in [2.45, 2.75) is 12.3 Å². The summed E-state index contributed by atoms with van der Waals surface area (Å²) in [4.78, 5) is 12.3. The van der Waals surface area contributed by atoms with Crippen molar-refractivity contribution in [3.8, 4) is 11.4 Å². The number of nitrogens with zero attached hydrogens (tertiary/aromatic N) is 4. The number of tetrazole rings is 1. The van der Waals surface area contributed by atoms with Gasteiger partial charge < -0.3 is 10.1 Å². The normalized spacial score (nSPS) is 10.7. The monoisotopic (exact) mass is 413 g/mol. The molecular weight excluding hydrogens is 390 g/mol. The molecule has 0 atom stereocenters. The summed E-state index contributed by atoms with van der Waals surface area (Å²) in [5, 5.41) is 14.0. The Morgan fingerprint density at radius 3 is 2.13 bits per heavy atom. The summed E-state index contributed by atoms with van der Waals surface area (Å²) in [6.45, 7) is 0.528. The summed E-state index contributed by atoms with van der Waals surface area (Å²) >= 11 is 0. The van der Waals surface area contributed by atoms with E-state index in [1.165, 1.54) is 17.5 Å². The number of amides is 1. The highest BCUT2D eigenvalue weighted by Gasteiger charge is 2.14. The highest BCUT2D eigenvalue weighted by molar-refractivity contribution is 5.77. The van der Waals surface area contributed by atoms with E-state index in [1.54, 1.807) is 16.8 Å². The Morgan fingerprint density at radius 1 is 0.903 bits per heavy atom. The minimum atomic E-state index is -0.149. The van der Waals surface area contributed by atoms with Gasteiger partial charge >= 0.3 is 0 Å². The first-order valence-corrected chi connectivity index (χ1v) is 10.1. The van der Waals surface area contributed by atoms with E-state index in [1.807, 2.05) is 48.5 Å². The fourth-order valence-electron chi connectivity index (χ4n) is 3.43. The van der Waals surface area contributed by atoms with Gasteiger partial charge in [-0.15, -0.1) is 5.10 Å². The molecule has 0 unspecified atom stereocenters. The Kier molecular flexibility index (Phi) is 6.64. The van der Waals surface area contributed by atoms with Crippen LogP contribution < -0.4 is 10.1 Å². The molecule has 7 nitrogen and oxygen atoms in total. The van der Waals surface area contributed by atoms with E-state index in [2.05, 4.69) is 45.1 Å². The quantitative estimate of drug-likeness (QED) is 0.455. The van der Waals surface area contributed by atoms with Gasteiger partial charge in [0.2, 0.25) is 0 Å². The summed E-state index contributed by atoms with van der Waals surface area (Å²) in [5.74, 6) is 0.685. The average molecular weight is 413 g/mol. The maximum absolute atomic E-state index is 12.3. The van der Waals surface area contributed by atoms with Crippen molar-refractivity contribution in [2.24, 2.45) is 0 Å². The number of nitrogens with one attached hydrogen (secondary N) is 1. The molecule has 0 radical (unpaired) electrons. The zero-order valence-corrected chi connectivity index (χ0v) is 17.0. The zero-order valence-electron chi connectivity index (χ0n) is 17.0. The van der Waals surface area contributed by atoms with E-state index in [0.29, 0.717) is 12.3 Å². The van der Waals surface area contributed by atoms with E-state index in [-0.39, 0.29) is 18.4 Å². The van der Waals surface area contributed by atoms with Gasteiger partial charge in [0.1, 0.15) is 12.1 Å². The number of aromatic nitrogens is 4. The second-order valence-electron chi connectivity index (χ2n) is 7.05. The van der Waals surface area contributed by atoms with Crippen LogP contribution in [0, 0.1) is 0 Å². The van der Waals surface area contributed by atoms with Crippen LogP contribution in [0.25, 0.3) is 5.69 Å². The standard InChI is InChI=1S/C24H23N5O2/c30-24(17-31-22-13-11-21(12-14-22)29-18-26-27-28-29)25-16-15-23(19-7-3-1-4-8-19)20-9-5-2-6-10-20/h1-14,18,23H,15-17H2,(H,25,30). The lowest BCUT2D eigenvalue weighted by Gasteiger charge is -2.18. The molecule has 4 rings (SSSR count). The summed E-state index contributed by atoms with van der Waals surface area (Å²) in [5.41, 5.74) is 3.29. The molecule has 0 bridgehead atoms. The molecule has 0 fully saturated rings. The Balaban J connectivity index is 1.28. The predicted octanol–water partition coefficient (Wildman–Crippen LogP) is 3.38. The molecule has 31 heavy (non-hydrogen) atoms. The molecule has 0 aliphatic carbocycles. The number of carbonyl (C=O) groups excluding carboxylic acids is 1. The number of hydrogen-bond donors (Lipinski definition) is 1. The second kappa shape index (κ2) is 10.2. The third-order valence-corrected chi connectivity index (χ3v) is 4.98. The highest BCUT2D eigenvalue weighted by atomic mass is 16.5. The zero-order chi connectivity index (χ0) is 21.3. The molecule has 0 aliphatic heterocycles. The van der Waals surface area contributed by atoms with Crippen LogP contribution in [0.15, 0.2) is 91.3 Å². The molecule has 0 saturated heterocycles. The predicted molar refractivity (Wildman–Crippen MR) is 117 cm³/mol. The second-order valence-corrected chi connectivity index (χ2v) is 7.05. The largest absolute Gasteiger partial charge is 0.484 e. The van der Waals surface area contributed by atoms with Gasteiger partial charge in [-0.1, -0.05) is 60.7 Å². The lowest BCUT2D eigenvalue weighted by atomic mass is 9.88. The van der Waals surface area contributed by atoms with Gasteiger partial charge in [-0.05, 0) is 52.2 Å². The van der Waals surface area contributed by atoms with Crippen molar-refractivity contribution >= 4 is 5.91 Å². The van der Waals surface area contributed by atoms with Gasteiger partial charge in [-0.25, -0.2) is 4.68 Å². The van der Waals surface area contributed by atoms with Crippen LogP contribution in [0.3, 0.4) is 0 Å². The third kappa shape index (κ3) is 5.54. The number of rotatable bonds is 9. The average Bonchev–Trinajstić information content (AvgIpc) is 3.37. The smallest absolute Gasteiger partial charge is 0.257 e. The Morgan fingerprint density at radius 2 is 1.55 bits per heavy atom. The first-order chi connectivity index (χ1) is 15.3. The maximum atomic E-state index is 12.3. The molecule has 1 N–H and O–H groups in total. The van der Waals surface area contributed by atoms with E-state index in [0.717, 1.165) is 12.1 Å². The summed E-state index contributed by atoms with van der Waals surface area (Å²) < 4.78 is 7.14. The van der Waals surface area contributed by atoms with Crippen LogP contribution in [-0.4, -0.2) is 39.3 Å². The van der Waals surface area contributed by atoms with Gasteiger partial charge in [0, 0.05) is 12.5 Å². The Labute approximate surface area is 180 Å². The van der Waals surface area contributed by atoms with Crippen LogP contribution in [0.5, 0.6) is 5.75 Å². The molecule has 7 heteroatoms. The first-order valence-electron chi connectivity index (χ1n) is 10.1. The first kappa shape index (κ1) is 20.3. The summed E-state index contributed by atoms with van der Waals surface area (Å²) in [6.07, 6.45) is 2.32. The van der Waals surface area contributed by atoms with Crippen molar-refractivity contribution in [3.05, 3.63) is 102 Å². The third-order valence-electron chi connectivity index (χ3n) is 4.98. The molecular formula is C24H23N5O2. The van der Waals surface area contributed by atoms with Gasteiger partial charge in [0.25, 0.3) is 5.91 Å². The van der Waals surface area contributed by atoms with Crippen LogP contribution >= 0.6 is 0 Å². The SMILES string of the molecule is O=C(COc1ccc(-n2cnnn2)cc1)NCCC(c1ccccc1)c1ccccc1. The van der Waals surface area contributed by atoms with Crippen LogP contribution in [0.2, 0.25) is 0 Å². The van der Waals surface area contributed by atoms with E-state index in [9.17, 15) is 4.79 Å². The van der Waals surface area contributed by atoms with Crippen molar-refractivity contribution in [1.82, 2.24) is 25.5 Å². The van der Waals surface area contributed by atoms with Crippen LogP contribution in [0.4, 0.5) is 0 Å². The van der Waals surface area contributed by atoms with Gasteiger partial charge in [0.15, 0.2) is 6.61 Å².